The van der Waals surface area contributed by atoms with E-state index in [0.717, 1.165) is 13.1 Å². The maximum atomic E-state index is 14.9. The third kappa shape index (κ3) is 8.60. The molecule has 4 N–H and O–H groups in total. The lowest BCUT2D eigenvalue weighted by Gasteiger charge is -2.38. The molecule has 17 nitrogen and oxygen atoms in total. The molecule has 3 aromatic carbocycles. The highest BCUT2D eigenvalue weighted by molar-refractivity contribution is 6.16. The zero-order chi connectivity index (χ0) is 48.1. The highest BCUT2D eigenvalue weighted by Crippen LogP contribution is 2.42. The van der Waals surface area contributed by atoms with E-state index in [2.05, 4.69) is 15.1 Å². The standard InChI is InChI=1S/C49H60N4O13/c1-23-13-12-14-24(2)48(60)51-39-42(58)35-34(38-46(39)65-33-22-30(21-31(55)37(33)50-38)53-18-16-52(9)17-19-53)36-45(28(6)41(35)57)66-49(8,47(36)59)63-20-15-32(61-10)25(3)44(64-29(7)54)27(5)40(56)26(4)43(23)62-11/h12-15,20-23,25-27,32,40,43-44,56-57,59H,16-19H2,1-11H3,(H,51,60)/b13-12+,20-15+,24-14-/t23-,25+,26-,27+,32-,40+,43-,44+,49-/m0/s1. The van der Waals surface area contributed by atoms with Gasteiger partial charge in [-0.05, 0) is 27.0 Å². The van der Waals surface area contributed by atoms with Crippen molar-refractivity contribution in [3.63, 3.8) is 0 Å². The molecule has 66 heavy (non-hydrogen) atoms. The van der Waals surface area contributed by atoms with Gasteiger partial charge in [0.1, 0.15) is 28.8 Å². The number of ether oxygens (including phenoxy) is 5. The number of aliphatic hydroxyl groups is 2. The fourth-order valence-corrected chi connectivity index (χ4v) is 9.54. The van der Waals surface area contributed by atoms with Crippen LogP contribution in [0.15, 0.2) is 62.3 Å². The summed E-state index contributed by atoms with van der Waals surface area (Å²) in [6.45, 7) is 16.0. The predicted molar refractivity (Wildman–Crippen MR) is 250 cm³/mol. The molecule has 0 aliphatic carbocycles. The lowest BCUT2D eigenvalue weighted by molar-refractivity contribution is -0.161. The van der Waals surface area contributed by atoms with E-state index >= 15 is 0 Å². The van der Waals surface area contributed by atoms with Gasteiger partial charge in [0.15, 0.2) is 22.4 Å². The summed E-state index contributed by atoms with van der Waals surface area (Å²) in [6, 6.07) is 3.14. The molecule has 0 spiro atoms. The second-order valence-electron chi connectivity index (χ2n) is 18.0. The van der Waals surface area contributed by atoms with Gasteiger partial charge >= 0.3 is 11.8 Å². The monoisotopic (exact) mass is 912 g/mol. The molecule has 9 atom stereocenters. The quantitative estimate of drug-likeness (QED) is 0.121. The van der Waals surface area contributed by atoms with Gasteiger partial charge in [0.2, 0.25) is 10.9 Å². The molecule has 0 radical (unpaired) electrons. The first kappa shape index (κ1) is 47.9. The third-order valence-electron chi connectivity index (χ3n) is 13.5. The number of allylic oxidation sites excluding steroid dienone is 2. The number of nitrogens with zero attached hydrogens (tertiary/aromatic N) is 3. The van der Waals surface area contributed by atoms with E-state index in [1.165, 1.54) is 40.2 Å². The first-order valence-corrected chi connectivity index (χ1v) is 22.1. The number of benzene rings is 3. The molecule has 1 fully saturated rings. The molecule has 1 saturated heterocycles. The Morgan fingerprint density at radius 1 is 0.924 bits per heavy atom. The number of anilines is 2. The van der Waals surface area contributed by atoms with Gasteiger partial charge in [-0.2, -0.15) is 0 Å². The summed E-state index contributed by atoms with van der Waals surface area (Å²) in [5.41, 5.74) is -1.21. The number of likely N-dealkylation sites (N-methyl/N-ethyl adjacent to an activating group) is 1. The Labute approximate surface area is 381 Å². The van der Waals surface area contributed by atoms with Crippen LogP contribution in [-0.4, -0.2) is 115 Å². The van der Waals surface area contributed by atoms with Crippen LogP contribution in [0.3, 0.4) is 0 Å². The number of fused-ring (bicyclic) bond motifs is 14. The van der Waals surface area contributed by atoms with Gasteiger partial charge in [-0.15, -0.1) is 0 Å². The third-order valence-corrected chi connectivity index (χ3v) is 13.5. The minimum atomic E-state index is -1.97. The number of carbonyl (C=O) groups is 2. The molecular formula is C49H60N4O13. The fraction of sp³-hybridized carbons (Fsp3) is 0.490. The molecule has 354 valence electrons. The normalized spacial score (nSPS) is 29.9. The first-order valence-electron chi connectivity index (χ1n) is 22.1. The van der Waals surface area contributed by atoms with Crippen LogP contribution in [0.2, 0.25) is 0 Å². The molecule has 4 aromatic rings. The molecule has 0 saturated carbocycles. The summed E-state index contributed by atoms with van der Waals surface area (Å²) in [6.07, 6.45) is 4.71. The van der Waals surface area contributed by atoms with Crippen molar-refractivity contribution >= 4 is 62.0 Å². The number of piperazine rings is 1. The minimum absolute atomic E-state index is 0.0382. The predicted octanol–water partition coefficient (Wildman–Crippen LogP) is 4.97. The Morgan fingerprint density at radius 3 is 2.26 bits per heavy atom. The molecule has 0 unspecified atom stereocenters. The number of aliphatic hydroxyl groups excluding tert-OH is 2. The van der Waals surface area contributed by atoms with E-state index in [4.69, 9.17) is 33.1 Å². The maximum Gasteiger partial charge on any atom is 0.307 e. The lowest BCUT2D eigenvalue weighted by atomic mass is 9.78. The zero-order valence-corrected chi connectivity index (χ0v) is 39.3. The number of phenolic OH excluding ortho intramolecular Hbond substituents is 1. The highest BCUT2D eigenvalue weighted by atomic mass is 16.7. The van der Waals surface area contributed by atoms with Gasteiger partial charge in [-0.25, -0.2) is 4.98 Å². The van der Waals surface area contributed by atoms with E-state index < -0.39 is 82.2 Å². The summed E-state index contributed by atoms with van der Waals surface area (Å²) >= 11 is 0. The largest absolute Gasteiger partial charge is 0.507 e. The number of hydrogen-bond acceptors (Lipinski definition) is 16. The van der Waals surface area contributed by atoms with Crippen molar-refractivity contribution in [3.05, 3.63) is 79.5 Å². The highest BCUT2D eigenvalue weighted by Gasteiger charge is 2.44. The van der Waals surface area contributed by atoms with Crippen LogP contribution in [0.5, 0.6) is 11.5 Å². The van der Waals surface area contributed by atoms with Crippen molar-refractivity contribution < 1.29 is 53.0 Å². The molecule has 17 heteroatoms. The SMILES string of the molecule is CO[C@@H]1[C@@H](C)[C@@H](O)[C@@H](C)[C@H](OC(C)=O)[C@H](C)[C@@H](OC)/C=C/O[C@@]2(C)Oc3c(C)c(O)c4c(=O)c(c5oc6cc(N7CCN(C)CC7)cc(=O)c6nc5c4c3=C2O)NC(=O)/C(C)=C\C=C\[C@@H]1C. The lowest BCUT2D eigenvalue weighted by Crippen LogP contribution is -2.47. The topological polar surface area (TPSA) is 220 Å². The second-order valence-corrected chi connectivity index (χ2v) is 18.0. The van der Waals surface area contributed by atoms with Crippen molar-refractivity contribution in [3.8, 4) is 11.5 Å². The number of esters is 1. The van der Waals surface area contributed by atoms with Gasteiger partial charge in [-0.3, -0.25) is 19.2 Å². The van der Waals surface area contributed by atoms with Crippen molar-refractivity contribution in [2.75, 3.05) is 57.7 Å². The number of aromatic hydroxyl groups is 1. The average molecular weight is 913 g/mol. The molecule has 1 amide bonds. The Hall–Kier alpha value is -6.01. The molecule has 1 aromatic heterocycles. The van der Waals surface area contributed by atoms with Crippen molar-refractivity contribution in [1.82, 2.24) is 9.88 Å². The van der Waals surface area contributed by atoms with Gasteiger partial charge in [0, 0.05) is 112 Å². The van der Waals surface area contributed by atoms with E-state index in [1.807, 2.05) is 33.9 Å². The van der Waals surface area contributed by atoms with Crippen molar-refractivity contribution in [2.24, 2.45) is 23.7 Å². The van der Waals surface area contributed by atoms with Crippen LogP contribution < -0.4 is 31.0 Å². The summed E-state index contributed by atoms with van der Waals surface area (Å²) in [7, 11) is 5.03. The van der Waals surface area contributed by atoms with Gasteiger partial charge in [0.05, 0.1) is 35.2 Å². The van der Waals surface area contributed by atoms with Crippen LogP contribution in [0.25, 0.3) is 38.7 Å². The van der Waals surface area contributed by atoms with Crippen LogP contribution in [0.4, 0.5) is 11.4 Å². The Morgan fingerprint density at radius 2 is 1.61 bits per heavy atom. The number of nitrogens with one attached hydrogen (secondary N) is 1. The molecule has 4 aliphatic rings. The van der Waals surface area contributed by atoms with Gasteiger partial charge < -0.3 is 58.5 Å². The van der Waals surface area contributed by atoms with Crippen molar-refractivity contribution in [2.45, 2.75) is 85.6 Å². The van der Waals surface area contributed by atoms with E-state index in [9.17, 15) is 34.5 Å². The van der Waals surface area contributed by atoms with E-state index in [-0.39, 0.29) is 66.7 Å². The number of methoxy groups -OCH3 is 2. The molecule has 8 rings (SSSR count). The number of hydrogen-bond donors (Lipinski definition) is 4. The minimum Gasteiger partial charge on any atom is -0.507 e. The van der Waals surface area contributed by atoms with Crippen molar-refractivity contribution in [1.29, 1.82) is 0 Å². The van der Waals surface area contributed by atoms with Crippen LogP contribution >= 0.6 is 0 Å². The summed E-state index contributed by atoms with van der Waals surface area (Å²) in [5, 5.41) is 38.1. The summed E-state index contributed by atoms with van der Waals surface area (Å²) < 4.78 is 36.5. The summed E-state index contributed by atoms with van der Waals surface area (Å²) in [5.74, 6) is -6.21. The maximum absolute atomic E-state index is 14.9. The van der Waals surface area contributed by atoms with Crippen LogP contribution in [-0.2, 0) is 28.5 Å². The molecular weight excluding hydrogens is 853 g/mol. The zero-order valence-electron chi connectivity index (χ0n) is 39.3. The number of aromatic nitrogens is 1. The Balaban J connectivity index is 1.48. The first-order chi connectivity index (χ1) is 31.2. The van der Waals surface area contributed by atoms with Gasteiger partial charge in [0.25, 0.3) is 5.91 Å². The molecule has 5 heterocycles. The van der Waals surface area contributed by atoms with E-state index in [0.29, 0.717) is 18.8 Å². The smallest absolute Gasteiger partial charge is 0.307 e. The fourth-order valence-electron chi connectivity index (χ4n) is 9.54. The number of carbonyl (C=O) groups excluding carboxylic acids is 2. The average Bonchev–Trinajstić information content (AvgIpc) is 3.54. The number of amides is 1. The van der Waals surface area contributed by atoms with E-state index in [1.54, 1.807) is 45.3 Å². The Kier molecular flexibility index (Phi) is 13.6. The number of phenols is 1. The van der Waals surface area contributed by atoms with Crippen LogP contribution in [0, 0.1) is 30.6 Å². The summed E-state index contributed by atoms with van der Waals surface area (Å²) in [4.78, 5) is 64.4. The molecule has 4 aliphatic heterocycles. The van der Waals surface area contributed by atoms with Gasteiger partial charge in [-0.1, -0.05) is 45.9 Å². The molecule has 5 bridgehead atoms. The van der Waals surface area contributed by atoms with Crippen LogP contribution in [0.1, 0.15) is 54.0 Å². The Bertz CT molecular complexity index is 2850. The number of rotatable bonds is 4. The second kappa shape index (κ2) is 18.7.